The molecule has 1 aliphatic carbocycles. The Labute approximate surface area is 153 Å². The minimum absolute atomic E-state index is 0.00424. The molecule has 0 atom stereocenters. The molecule has 2 aromatic carbocycles. The van der Waals surface area contributed by atoms with Crippen molar-refractivity contribution in [2.75, 3.05) is 6.54 Å². The number of para-hydroxylation sites is 1. The summed E-state index contributed by atoms with van der Waals surface area (Å²) in [6.45, 7) is 2.63. The molecule has 4 rings (SSSR count). The fourth-order valence-corrected chi connectivity index (χ4v) is 3.33. The van der Waals surface area contributed by atoms with Gasteiger partial charge in [-0.3, -0.25) is 4.79 Å². The number of nitrogens with one attached hydrogen (secondary N) is 1. The van der Waals surface area contributed by atoms with Crippen LogP contribution in [0.1, 0.15) is 29.8 Å². The SMILES string of the molecule is Cc1c(CC(=O)NCC2(c3ccccc3)CC2)nnn1-c1ccccc1. The molecule has 1 N–H and O–H groups in total. The zero-order valence-electron chi connectivity index (χ0n) is 14.9. The lowest BCUT2D eigenvalue weighted by Crippen LogP contribution is -2.33. The van der Waals surface area contributed by atoms with Gasteiger partial charge in [0.25, 0.3) is 0 Å². The molecule has 1 aliphatic rings. The van der Waals surface area contributed by atoms with Crippen molar-refractivity contribution in [3.63, 3.8) is 0 Å². The van der Waals surface area contributed by atoms with Crippen LogP contribution in [0.25, 0.3) is 5.69 Å². The van der Waals surface area contributed by atoms with E-state index in [1.54, 1.807) is 4.68 Å². The van der Waals surface area contributed by atoms with Crippen molar-refractivity contribution in [3.05, 3.63) is 77.6 Å². The summed E-state index contributed by atoms with van der Waals surface area (Å²) < 4.78 is 1.77. The molecule has 5 heteroatoms. The van der Waals surface area contributed by atoms with Crippen molar-refractivity contribution in [3.8, 4) is 5.69 Å². The lowest BCUT2D eigenvalue weighted by atomic mass is 9.96. The van der Waals surface area contributed by atoms with E-state index in [2.05, 4.69) is 39.9 Å². The second-order valence-electron chi connectivity index (χ2n) is 6.97. The van der Waals surface area contributed by atoms with Crippen LogP contribution in [-0.2, 0) is 16.6 Å². The van der Waals surface area contributed by atoms with E-state index in [-0.39, 0.29) is 17.7 Å². The molecule has 132 valence electrons. The average molecular weight is 346 g/mol. The average Bonchev–Trinajstić information content (AvgIpc) is 3.40. The molecule has 1 saturated carbocycles. The summed E-state index contributed by atoms with van der Waals surface area (Å²) in [5, 5.41) is 11.5. The van der Waals surface area contributed by atoms with Crippen LogP contribution in [0.4, 0.5) is 0 Å². The maximum absolute atomic E-state index is 12.4. The van der Waals surface area contributed by atoms with E-state index in [4.69, 9.17) is 0 Å². The van der Waals surface area contributed by atoms with Crippen molar-refractivity contribution in [1.29, 1.82) is 0 Å². The Bertz CT molecular complexity index is 898. The third-order valence-corrected chi connectivity index (χ3v) is 5.18. The maximum Gasteiger partial charge on any atom is 0.226 e. The number of carbonyl (C=O) groups excluding carboxylic acids is 1. The van der Waals surface area contributed by atoms with Crippen LogP contribution in [0.15, 0.2) is 60.7 Å². The quantitative estimate of drug-likeness (QED) is 0.746. The molecule has 0 spiro atoms. The Hall–Kier alpha value is -2.95. The second-order valence-corrected chi connectivity index (χ2v) is 6.97. The Morgan fingerprint density at radius 2 is 1.73 bits per heavy atom. The number of nitrogens with zero attached hydrogens (tertiary/aromatic N) is 3. The molecule has 0 saturated heterocycles. The molecular weight excluding hydrogens is 324 g/mol. The van der Waals surface area contributed by atoms with E-state index >= 15 is 0 Å². The van der Waals surface area contributed by atoms with E-state index in [1.807, 2.05) is 43.3 Å². The molecular formula is C21H22N4O. The zero-order chi connectivity index (χ0) is 18.0. The second kappa shape index (κ2) is 6.75. The fraction of sp³-hybridized carbons (Fsp3) is 0.286. The first-order valence-electron chi connectivity index (χ1n) is 8.97. The van der Waals surface area contributed by atoms with Crippen molar-refractivity contribution >= 4 is 5.91 Å². The summed E-state index contributed by atoms with van der Waals surface area (Å²) in [6, 6.07) is 20.3. The van der Waals surface area contributed by atoms with Crippen LogP contribution < -0.4 is 5.32 Å². The summed E-state index contributed by atoms with van der Waals surface area (Å²) >= 11 is 0. The van der Waals surface area contributed by atoms with Crippen molar-refractivity contribution in [2.24, 2.45) is 0 Å². The predicted octanol–water partition coefficient (Wildman–Crippen LogP) is 2.97. The first kappa shape index (κ1) is 16.5. The molecule has 1 heterocycles. The summed E-state index contributed by atoms with van der Waals surface area (Å²) in [6.07, 6.45) is 2.50. The summed E-state index contributed by atoms with van der Waals surface area (Å²) in [4.78, 5) is 12.4. The van der Waals surface area contributed by atoms with E-state index in [1.165, 1.54) is 5.56 Å². The fourth-order valence-electron chi connectivity index (χ4n) is 3.33. The van der Waals surface area contributed by atoms with E-state index in [0.717, 1.165) is 29.9 Å². The number of benzene rings is 2. The van der Waals surface area contributed by atoms with Crippen molar-refractivity contribution in [2.45, 2.75) is 31.6 Å². The highest BCUT2D eigenvalue weighted by molar-refractivity contribution is 5.78. The van der Waals surface area contributed by atoms with Gasteiger partial charge < -0.3 is 5.32 Å². The Morgan fingerprint density at radius 1 is 1.08 bits per heavy atom. The molecule has 1 amide bonds. The zero-order valence-corrected chi connectivity index (χ0v) is 14.9. The lowest BCUT2D eigenvalue weighted by Gasteiger charge is -2.16. The molecule has 0 radical (unpaired) electrons. The van der Waals surface area contributed by atoms with E-state index < -0.39 is 0 Å². The molecule has 0 unspecified atom stereocenters. The molecule has 1 aromatic heterocycles. The number of hydrogen-bond donors (Lipinski definition) is 1. The highest BCUT2D eigenvalue weighted by atomic mass is 16.1. The molecule has 3 aromatic rings. The summed E-state index contributed by atoms with van der Waals surface area (Å²) in [5.74, 6) is -0.00424. The Balaban J connectivity index is 1.40. The smallest absolute Gasteiger partial charge is 0.226 e. The van der Waals surface area contributed by atoms with Crippen LogP contribution in [0.5, 0.6) is 0 Å². The van der Waals surface area contributed by atoms with E-state index in [0.29, 0.717) is 6.54 Å². The van der Waals surface area contributed by atoms with Gasteiger partial charge in [0, 0.05) is 12.0 Å². The highest BCUT2D eigenvalue weighted by Crippen LogP contribution is 2.47. The van der Waals surface area contributed by atoms with Gasteiger partial charge in [0.15, 0.2) is 0 Å². The molecule has 1 fully saturated rings. The van der Waals surface area contributed by atoms with Crippen molar-refractivity contribution in [1.82, 2.24) is 20.3 Å². The highest BCUT2D eigenvalue weighted by Gasteiger charge is 2.44. The third-order valence-electron chi connectivity index (χ3n) is 5.18. The predicted molar refractivity (Wildman–Crippen MR) is 100 cm³/mol. The normalized spacial score (nSPS) is 14.8. The first-order chi connectivity index (χ1) is 12.7. The first-order valence-corrected chi connectivity index (χ1v) is 8.97. The van der Waals surface area contributed by atoms with Crippen LogP contribution in [-0.4, -0.2) is 27.4 Å². The van der Waals surface area contributed by atoms with Gasteiger partial charge in [-0.05, 0) is 37.5 Å². The molecule has 0 aliphatic heterocycles. The standard InChI is InChI=1S/C21H22N4O/c1-16-19(23-24-25(16)18-10-6-3-7-11-18)14-20(26)22-15-21(12-13-21)17-8-4-2-5-9-17/h2-11H,12-15H2,1H3,(H,22,26). The van der Waals surface area contributed by atoms with Gasteiger partial charge in [0.05, 0.1) is 23.5 Å². The minimum atomic E-state index is -0.00424. The van der Waals surface area contributed by atoms with Crippen LogP contribution in [0, 0.1) is 6.92 Å². The number of carbonyl (C=O) groups is 1. The Morgan fingerprint density at radius 3 is 2.38 bits per heavy atom. The number of hydrogen-bond acceptors (Lipinski definition) is 3. The summed E-state index contributed by atoms with van der Waals surface area (Å²) in [7, 11) is 0. The monoisotopic (exact) mass is 346 g/mol. The topological polar surface area (TPSA) is 59.8 Å². The Kier molecular flexibility index (Phi) is 4.29. The van der Waals surface area contributed by atoms with Gasteiger partial charge in [0.1, 0.15) is 0 Å². The minimum Gasteiger partial charge on any atom is -0.355 e. The number of amides is 1. The number of rotatable bonds is 6. The maximum atomic E-state index is 12.4. The van der Waals surface area contributed by atoms with Crippen LogP contribution >= 0.6 is 0 Å². The third kappa shape index (κ3) is 3.25. The van der Waals surface area contributed by atoms with Gasteiger partial charge in [-0.15, -0.1) is 5.10 Å². The molecule has 5 nitrogen and oxygen atoms in total. The van der Waals surface area contributed by atoms with Gasteiger partial charge in [0.2, 0.25) is 5.91 Å². The van der Waals surface area contributed by atoms with Crippen molar-refractivity contribution < 1.29 is 4.79 Å². The largest absolute Gasteiger partial charge is 0.355 e. The van der Waals surface area contributed by atoms with Gasteiger partial charge in [-0.25, -0.2) is 4.68 Å². The van der Waals surface area contributed by atoms with Gasteiger partial charge in [-0.2, -0.15) is 0 Å². The lowest BCUT2D eigenvalue weighted by molar-refractivity contribution is -0.120. The van der Waals surface area contributed by atoms with Crippen LogP contribution in [0.2, 0.25) is 0 Å². The van der Waals surface area contributed by atoms with E-state index in [9.17, 15) is 4.79 Å². The number of aromatic nitrogens is 3. The van der Waals surface area contributed by atoms with Crippen LogP contribution in [0.3, 0.4) is 0 Å². The summed E-state index contributed by atoms with van der Waals surface area (Å²) in [5.41, 5.74) is 4.00. The van der Waals surface area contributed by atoms with Gasteiger partial charge in [-0.1, -0.05) is 53.7 Å². The molecule has 0 bridgehead atoms. The molecule has 26 heavy (non-hydrogen) atoms. The van der Waals surface area contributed by atoms with Gasteiger partial charge >= 0.3 is 0 Å².